The van der Waals surface area contributed by atoms with Crippen LogP contribution in [-0.4, -0.2) is 17.6 Å². The second-order valence-corrected chi connectivity index (χ2v) is 4.82. The first kappa shape index (κ1) is 12.7. The van der Waals surface area contributed by atoms with E-state index in [0.29, 0.717) is 5.92 Å². The molecule has 0 saturated heterocycles. The molecular weight excluding hydrogens is 226 g/mol. The lowest BCUT2D eigenvalue weighted by atomic mass is 10.1. The molecule has 1 aliphatic rings. The molecule has 94 valence electrons. The van der Waals surface area contributed by atoms with Gasteiger partial charge in [-0.05, 0) is 37.0 Å². The van der Waals surface area contributed by atoms with Crippen LogP contribution in [0.25, 0.3) is 0 Å². The van der Waals surface area contributed by atoms with E-state index in [0.717, 1.165) is 23.2 Å². The molecule has 0 bridgehead atoms. The Morgan fingerprint density at radius 1 is 1.56 bits per heavy atom. The zero-order valence-electron chi connectivity index (χ0n) is 10.7. The van der Waals surface area contributed by atoms with Crippen LogP contribution >= 0.6 is 0 Å². The summed E-state index contributed by atoms with van der Waals surface area (Å²) in [6, 6.07) is 5.71. The fraction of sp³-hybridized carbons (Fsp3) is 0.400. The highest BCUT2D eigenvalue weighted by Gasteiger charge is 2.39. The minimum absolute atomic E-state index is 0.0680. The van der Waals surface area contributed by atoms with Crippen molar-refractivity contribution in [3.05, 3.63) is 29.3 Å². The zero-order valence-corrected chi connectivity index (χ0v) is 10.7. The van der Waals surface area contributed by atoms with Crippen molar-refractivity contribution < 1.29 is 9.90 Å². The Morgan fingerprint density at radius 3 is 2.89 bits per heavy atom. The summed E-state index contributed by atoms with van der Waals surface area (Å²) in [5.74, 6) is 6.18. The number of nitrogens with one attached hydrogen (secondary N) is 1. The number of anilines is 1. The number of aryl methyl sites for hydroxylation is 1. The van der Waals surface area contributed by atoms with Crippen molar-refractivity contribution in [1.29, 1.82) is 0 Å². The molecule has 3 heteroatoms. The van der Waals surface area contributed by atoms with Crippen LogP contribution in [0.2, 0.25) is 0 Å². The Hall–Kier alpha value is -1.79. The summed E-state index contributed by atoms with van der Waals surface area (Å²) in [6.45, 7) is 3.87. The van der Waals surface area contributed by atoms with Gasteiger partial charge in [0.2, 0.25) is 5.91 Å². The lowest BCUT2D eigenvalue weighted by molar-refractivity contribution is -0.117. The molecule has 2 N–H and O–H groups in total. The first-order chi connectivity index (χ1) is 8.61. The lowest BCUT2D eigenvalue weighted by Crippen LogP contribution is -2.15. The number of hydrogen-bond donors (Lipinski definition) is 2. The van der Waals surface area contributed by atoms with Gasteiger partial charge in [-0.3, -0.25) is 4.79 Å². The lowest BCUT2D eigenvalue weighted by Gasteiger charge is -2.08. The van der Waals surface area contributed by atoms with Crippen LogP contribution in [0.1, 0.15) is 24.5 Å². The van der Waals surface area contributed by atoms with Gasteiger partial charge < -0.3 is 10.4 Å². The summed E-state index contributed by atoms with van der Waals surface area (Å²) < 4.78 is 0. The Balaban J connectivity index is 2.18. The van der Waals surface area contributed by atoms with E-state index >= 15 is 0 Å². The van der Waals surface area contributed by atoms with E-state index in [-0.39, 0.29) is 18.4 Å². The van der Waals surface area contributed by atoms with Crippen LogP contribution in [0.5, 0.6) is 0 Å². The summed E-state index contributed by atoms with van der Waals surface area (Å²) in [6.07, 6.45) is 0.968. The first-order valence-electron chi connectivity index (χ1n) is 6.13. The van der Waals surface area contributed by atoms with Crippen LogP contribution in [0.3, 0.4) is 0 Å². The molecule has 0 aromatic heterocycles. The Morgan fingerprint density at radius 2 is 2.28 bits per heavy atom. The molecule has 18 heavy (non-hydrogen) atoms. The number of aliphatic hydroxyl groups excluding tert-OH is 1. The molecule has 0 spiro atoms. The number of aliphatic hydroxyl groups is 1. The van der Waals surface area contributed by atoms with Crippen molar-refractivity contribution in [2.45, 2.75) is 20.3 Å². The summed E-state index contributed by atoms with van der Waals surface area (Å²) in [5, 5.41) is 11.7. The summed E-state index contributed by atoms with van der Waals surface area (Å²) in [5.41, 5.74) is 2.56. The Kier molecular flexibility index (Phi) is 3.69. The molecule has 0 aliphatic heterocycles. The van der Waals surface area contributed by atoms with E-state index in [4.69, 9.17) is 5.11 Å². The highest BCUT2D eigenvalue weighted by Crippen LogP contribution is 2.38. The topological polar surface area (TPSA) is 49.3 Å². The van der Waals surface area contributed by atoms with Crippen LogP contribution in [0.4, 0.5) is 5.69 Å². The third kappa shape index (κ3) is 2.91. The average molecular weight is 243 g/mol. The number of carbonyl (C=O) groups excluding carboxylic acids is 1. The number of amides is 1. The quantitative estimate of drug-likeness (QED) is 0.780. The predicted molar refractivity (Wildman–Crippen MR) is 71.0 cm³/mol. The Labute approximate surface area is 107 Å². The summed E-state index contributed by atoms with van der Waals surface area (Å²) in [7, 11) is 0. The molecule has 2 unspecified atom stereocenters. The Bertz CT molecular complexity index is 525. The molecule has 1 amide bonds. The summed E-state index contributed by atoms with van der Waals surface area (Å²) >= 11 is 0. The van der Waals surface area contributed by atoms with Crippen molar-refractivity contribution in [2.75, 3.05) is 11.9 Å². The third-order valence-corrected chi connectivity index (χ3v) is 3.18. The number of benzene rings is 1. The molecule has 1 aromatic carbocycles. The smallest absolute Gasteiger partial charge is 0.227 e. The van der Waals surface area contributed by atoms with Gasteiger partial charge in [0.15, 0.2) is 0 Å². The van der Waals surface area contributed by atoms with Gasteiger partial charge >= 0.3 is 0 Å². The molecule has 1 aliphatic carbocycles. The van der Waals surface area contributed by atoms with E-state index in [2.05, 4.69) is 24.1 Å². The molecule has 3 nitrogen and oxygen atoms in total. The minimum Gasteiger partial charge on any atom is -0.384 e. The normalized spacial score (nSPS) is 20.8. The van der Waals surface area contributed by atoms with Crippen molar-refractivity contribution in [1.82, 2.24) is 0 Å². The van der Waals surface area contributed by atoms with Gasteiger partial charge in [0, 0.05) is 11.5 Å². The second kappa shape index (κ2) is 5.24. The van der Waals surface area contributed by atoms with Crippen LogP contribution in [0.15, 0.2) is 18.2 Å². The molecule has 0 heterocycles. The number of rotatable bonds is 2. The van der Waals surface area contributed by atoms with Gasteiger partial charge in [-0.2, -0.15) is 0 Å². The highest BCUT2D eigenvalue weighted by atomic mass is 16.2. The van der Waals surface area contributed by atoms with Gasteiger partial charge in [-0.1, -0.05) is 24.8 Å². The van der Waals surface area contributed by atoms with Gasteiger partial charge in [0.05, 0.1) is 5.69 Å². The third-order valence-electron chi connectivity index (χ3n) is 3.18. The predicted octanol–water partition coefficient (Wildman–Crippen LogP) is 1.93. The molecule has 2 atom stereocenters. The molecule has 1 aromatic rings. The standard InChI is InChI=1S/C15H17NO2/c1-10-5-6-14(12(8-10)4-3-7-17)16-15(18)13-9-11(13)2/h5-6,8,11,13,17H,7,9H2,1-2H3,(H,16,18). The largest absolute Gasteiger partial charge is 0.384 e. The molecule has 1 saturated carbocycles. The minimum atomic E-state index is -0.180. The van der Waals surface area contributed by atoms with Crippen molar-refractivity contribution in [3.8, 4) is 11.8 Å². The monoisotopic (exact) mass is 243 g/mol. The first-order valence-corrected chi connectivity index (χ1v) is 6.13. The molecule has 1 fully saturated rings. The highest BCUT2D eigenvalue weighted by molar-refractivity contribution is 5.95. The fourth-order valence-electron chi connectivity index (χ4n) is 1.92. The van der Waals surface area contributed by atoms with E-state index in [9.17, 15) is 4.79 Å². The van der Waals surface area contributed by atoms with Crippen LogP contribution in [-0.2, 0) is 4.79 Å². The van der Waals surface area contributed by atoms with E-state index in [1.165, 1.54) is 0 Å². The molecule has 2 rings (SSSR count). The summed E-state index contributed by atoms with van der Waals surface area (Å²) in [4.78, 5) is 11.9. The van der Waals surface area contributed by atoms with E-state index < -0.39 is 0 Å². The fourth-order valence-corrected chi connectivity index (χ4v) is 1.92. The maximum Gasteiger partial charge on any atom is 0.227 e. The van der Waals surface area contributed by atoms with E-state index in [1.54, 1.807) is 0 Å². The zero-order chi connectivity index (χ0) is 13.1. The van der Waals surface area contributed by atoms with Gasteiger partial charge in [0.1, 0.15) is 6.61 Å². The van der Waals surface area contributed by atoms with Crippen LogP contribution in [0, 0.1) is 30.6 Å². The van der Waals surface area contributed by atoms with E-state index in [1.807, 2.05) is 25.1 Å². The van der Waals surface area contributed by atoms with Gasteiger partial charge in [-0.25, -0.2) is 0 Å². The molecule has 0 radical (unpaired) electrons. The van der Waals surface area contributed by atoms with Crippen LogP contribution < -0.4 is 5.32 Å². The second-order valence-electron chi connectivity index (χ2n) is 4.82. The average Bonchev–Trinajstić information content (AvgIpc) is 3.07. The number of hydrogen-bond acceptors (Lipinski definition) is 2. The van der Waals surface area contributed by atoms with Crippen molar-refractivity contribution in [2.24, 2.45) is 11.8 Å². The molecular formula is C15H17NO2. The van der Waals surface area contributed by atoms with Gasteiger partial charge in [-0.15, -0.1) is 0 Å². The van der Waals surface area contributed by atoms with Crippen molar-refractivity contribution in [3.63, 3.8) is 0 Å². The maximum absolute atomic E-state index is 11.9. The SMILES string of the molecule is Cc1ccc(NC(=O)C2CC2C)c(C#CCO)c1. The van der Waals surface area contributed by atoms with Crippen molar-refractivity contribution >= 4 is 11.6 Å². The maximum atomic E-state index is 11.9. The van der Waals surface area contributed by atoms with Gasteiger partial charge in [0.25, 0.3) is 0 Å². The number of carbonyl (C=O) groups is 1.